The summed E-state index contributed by atoms with van der Waals surface area (Å²) in [5.74, 6) is -4.78. The fraction of sp³-hybridized carbons (Fsp3) is 0.107. The number of halogens is 6. The highest BCUT2D eigenvalue weighted by atomic mass is 35.5. The molecule has 3 N–H and O–H groups in total. The van der Waals surface area contributed by atoms with Gasteiger partial charge in [-0.15, -0.1) is 0 Å². The zero-order chi connectivity index (χ0) is 38.7. The first-order chi connectivity index (χ1) is 24.4. The highest BCUT2D eigenvalue weighted by Gasteiger charge is 2.25. The number of nitrogens with zero attached hydrogens (tertiary/aromatic N) is 3. The number of carboxylic acid groups (broad SMARTS) is 1. The van der Waals surface area contributed by atoms with Crippen LogP contribution in [0, 0.1) is 10.1 Å². The van der Waals surface area contributed by atoms with Crippen molar-refractivity contribution >= 4 is 62.8 Å². The maximum Gasteiger partial charge on any atom is 0.388 e. The molecule has 17 nitrogen and oxygen atoms in total. The largest absolute Gasteiger partial charge is 0.478 e. The number of carbonyl (C=O) groups is 3. The van der Waals surface area contributed by atoms with E-state index in [1.165, 1.54) is 35.1 Å². The number of anilines is 1. The third kappa shape index (κ3) is 11.5. The van der Waals surface area contributed by atoms with Gasteiger partial charge in [0.1, 0.15) is 22.0 Å². The second kappa shape index (κ2) is 17.8. The van der Waals surface area contributed by atoms with Gasteiger partial charge in [-0.05, 0) is 36.4 Å². The van der Waals surface area contributed by atoms with Gasteiger partial charge in [0.05, 0.1) is 28.7 Å². The summed E-state index contributed by atoms with van der Waals surface area (Å²) in [7, 11) is -3.58. The van der Waals surface area contributed by atoms with Gasteiger partial charge in [-0.2, -0.15) is 27.5 Å². The van der Waals surface area contributed by atoms with Gasteiger partial charge in [0.25, 0.3) is 15.7 Å². The van der Waals surface area contributed by atoms with Crippen LogP contribution in [0.4, 0.5) is 34.0 Å². The van der Waals surface area contributed by atoms with Crippen LogP contribution in [0.1, 0.15) is 20.7 Å². The summed E-state index contributed by atoms with van der Waals surface area (Å²) in [6.45, 7) is -6.82. The molecule has 0 radical (unpaired) electrons. The van der Waals surface area contributed by atoms with E-state index in [9.17, 15) is 50.5 Å². The van der Waals surface area contributed by atoms with E-state index in [0.29, 0.717) is 16.8 Å². The Morgan fingerprint density at radius 1 is 0.904 bits per heavy atom. The molecule has 52 heavy (non-hydrogen) atoms. The van der Waals surface area contributed by atoms with E-state index in [-0.39, 0.29) is 22.0 Å². The van der Waals surface area contributed by atoms with Crippen molar-refractivity contribution < 1.29 is 69.3 Å². The third-order valence-electron chi connectivity index (χ3n) is 5.65. The Kier molecular flexibility index (Phi) is 13.8. The molecule has 2 amide bonds. The quantitative estimate of drug-likeness (QED) is 0.0612. The number of urea groups is 1. The molecule has 4 aromatic rings. The lowest BCUT2D eigenvalue weighted by Crippen LogP contribution is -2.35. The number of benzene rings is 3. The zero-order valence-corrected chi connectivity index (χ0v) is 27.8. The van der Waals surface area contributed by atoms with E-state index in [1.807, 2.05) is 0 Å². The number of hydrogen-bond donors (Lipinski definition) is 3. The minimum Gasteiger partial charge on any atom is -0.478 e. The third-order valence-corrected chi connectivity index (χ3v) is 7.57. The van der Waals surface area contributed by atoms with Crippen LogP contribution in [0.25, 0.3) is 0 Å². The number of sulfonamides is 1. The lowest BCUT2D eigenvalue weighted by molar-refractivity contribution is -0.385. The number of esters is 1. The monoisotopic (exact) mass is 795 g/mol. The minimum absolute atomic E-state index is 0.204. The van der Waals surface area contributed by atoms with Crippen molar-refractivity contribution in [2.45, 2.75) is 18.1 Å². The van der Waals surface area contributed by atoms with Gasteiger partial charge in [-0.1, -0.05) is 35.3 Å². The molecular formula is C28H19Cl2F4N5O12S. The number of nitrogens with one attached hydrogen (secondary N) is 2. The van der Waals surface area contributed by atoms with Crippen LogP contribution in [0.15, 0.2) is 71.6 Å². The van der Waals surface area contributed by atoms with Crippen molar-refractivity contribution in [3.05, 3.63) is 98.0 Å². The summed E-state index contributed by atoms with van der Waals surface area (Å²) in [6.07, 6.45) is 0. The maximum atomic E-state index is 12.3. The number of carbonyl (C=O) groups excluding carboxylic acids is 2. The Balaban J connectivity index is 0.000000294. The van der Waals surface area contributed by atoms with Crippen LogP contribution < -0.4 is 24.2 Å². The highest BCUT2D eigenvalue weighted by molar-refractivity contribution is 7.90. The van der Waals surface area contributed by atoms with E-state index >= 15 is 0 Å². The lowest BCUT2D eigenvalue weighted by Gasteiger charge is -2.11. The summed E-state index contributed by atoms with van der Waals surface area (Å²) in [5.41, 5.74) is -1.23. The van der Waals surface area contributed by atoms with Gasteiger partial charge in [0.2, 0.25) is 17.7 Å². The van der Waals surface area contributed by atoms with Crippen LogP contribution >= 0.6 is 23.2 Å². The number of methoxy groups -OCH3 is 1. The molecule has 1 heterocycles. The molecule has 3 aromatic carbocycles. The van der Waals surface area contributed by atoms with Gasteiger partial charge in [-0.3, -0.25) is 15.4 Å². The van der Waals surface area contributed by atoms with Crippen molar-refractivity contribution in [2.24, 2.45) is 0 Å². The van der Waals surface area contributed by atoms with Gasteiger partial charge >= 0.3 is 31.2 Å². The van der Waals surface area contributed by atoms with Crippen LogP contribution in [0.2, 0.25) is 10.0 Å². The molecule has 1 aromatic heterocycles. The molecule has 0 aliphatic rings. The number of ether oxygens (including phenoxy) is 4. The summed E-state index contributed by atoms with van der Waals surface area (Å²) in [4.78, 5) is 50.7. The van der Waals surface area contributed by atoms with Crippen LogP contribution in [0.5, 0.6) is 23.3 Å². The van der Waals surface area contributed by atoms with E-state index in [2.05, 4.69) is 24.2 Å². The Hall–Kier alpha value is -6.00. The molecule has 0 unspecified atom stereocenters. The Bertz CT molecular complexity index is 2070. The molecule has 24 heteroatoms. The Morgan fingerprint density at radius 3 is 2.06 bits per heavy atom. The Morgan fingerprint density at radius 2 is 1.52 bits per heavy atom. The smallest absolute Gasteiger partial charge is 0.388 e. The summed E-state index contributed by atoms with van der Waals surface area (Å²) >= 11 is 11.8. The van der Waals surface area contributed by atoms with Crippen molar-refractivity contribution in [3.8, 4) is 23.3 Å². The van der Waals surface area contributed by atoms with Gasteiger partial charge in [-0.25, -0.2) is 27.5 Å². The first-order valence-corrected chi connectivity index (χ1v) is 15.6. The van der Waals surface area contributed by atoms with Crippen LogP contribution in [-0.2, 0) is 14.8 Å². The van der Waals surface area contributed by atoms with E-state index in [0.717, 1.165) is 25.3 Å². The van der Waals surface area contributed by atoms with Crippen molar-refractivity contribution in [3.63, 3.8) is 0 Å². The molecule has 0 bridgehead atoms. The lowest BCUT2D eigenvalue weighted by atomic mass is 10.1. The topological polar surface area (TPSA) is 235 Å². The van der Waals surface area contributed by atoms with Gasteiger partial charge < -0.3 is 24.1 Å². The molecule has 0 aliphatic heterocycles. The van der Waals surface area contributed by atoms with Gasteiger partial charge in [0.15, 0.2) is 0 Å². The Labute approximate surface area is 298 Å². The number of rotatable bonds is 12. The standard InChI is InChI=1S/C14H9Cl2NO5.C14H10F4N4O7S/c1-21-14(18)10-7-9(3-4-12(10)17(19)20)22-13-5-2-8(15)6-11(13)16;15-11(16)28-8-5-9(29-12(17)18)20-13(19-8)21-14(25)22-30(26,27)7-4-2-1-3-6(7)10(23)24/h2-7H,1H3;1-5,11-12H,(H,23,24)(H2,19,20,21,22,25). The first kappa shape index (κ1) is 40.4. The van der Waals surface area contributed by atoms with Crippen molar-refractivity contribution in [1.29, 1.82) is 0 Å². The summed E-state index contributed by atoms with van der Waals surface area (Å²) < 4.78 is 93.1. The van der Waals surface area contributed by atoms with Gasteiger partial charge in [0, 0.05) is 17.2 Å². The molecule has 0 atom stereocenters. The first-order valence-electron chi connectivity index (χ1n) is 13.3. The molecule has 0 saturated heterocycles. The maximum absolute atomic E-state index is 12.3. The second-order valence-electron chi connectivity index (χ2n) is 9.09. The average molecular weight is 796 g/mol. The van der Waals surface area contributed by atoms with Crippen molar-refractivity contribution in [2.75, 3.05) is 12.4 Å². The number of aromatic nitrogens is 2. The molecule has 0 saturated carbocycles. The molecule has 0 fully saturated rings. The predicted octanol–water partition coefficient (Wildman–Crippen LogP) is 6.37. The molecular weight excluding hydrogens is 777 g/mol. The van der Waals surface area contributed by atoms with E-state index < -0.39 is 74.3 Å². The number of nitro groups is 1. The van der Waals surface area contributed by atoms with E-state index in [1.54, 1.807) is 17.4 Å². The fourth-order valence-corrected chi connectivity index (χ4v) is 5.20. The molecule has 0 aliphatic carbocycles. The fourth-order valence-electron chi connectivity index (χ4n) is 3.64. The van der Waals surface area contributed by atoms with Crippen molar-refractivity contribution in [1.82, 2.24) is 14.7 Å². The van der Waals surface area contributed by atoms with E-state index in [4.69, 9.17) is 33.0 Å². The molecule has 276 valence electrons. The normalized spacial score (nSPS) is 10.8. The molecule has 0 spiro atoms. The highest BCUT2D eigenvalue weighted by Crippen LogP contribution is 2.33. The molecule has 4 rings (SSSR count). The number of amides is 2. The number of alkyl halides is 4. The van der Waals surface area contributed by atoms with Crippen LogP contribution in [0.3, 0.4) is 0 Å². The average Bonchev–Trinajstić information content (AvgIpc) is 3.04. The second-order valence-corrected chi connectivity index (χ2v) is 11.6. The number of carboxylic acids is 1. The zero-order valence-electron chi connectivity index (χ0n) is 25.5. The number of nitro benzene ring substituents is 1. The van der Waals surface area contributed by atoms with Crippen LogP contribution in [-0.4, -0.2) is 66.7 Å². The number of aromatic carboxylic acids is 1. The minimum atomic E-state index is -4.71. The summed E-state index contributed by atoms with van der Waals surface area (Å²) in [5, 5.41) is 22.4. The number of hydrogen-bond acceptors (Lipinski definition) is 13. The SMILES string of the molecule is COC(=O)c1cc(Oc2ccc(Cl)cc2Cl)ccc1[N+](=O)[O-].O=C(Nc1nc(OC(F)F)cc(OC(F)F)n1)NS(=O)(=O)c1ccccc1C(=O)O. The predicted molar refractivity (Wildman–Crippen MR) is 169 cm³/mol. The summed E-state index contributed by atoms with van der Waals surface area (Å²) in [6, 6.07) is 11.6.